The van der Waals surface area contributed by atoms with Crippen molar-refractivity contribution >= 4 is 39.7 Å². The fourth-order valence-electron chi connectivity index (χ4n) is 3.80. The molecule has 0 saturated carbocycles. The van der Waals surface area contributed by atoms with Crippen LogP contribution in [0.5, 0.6) is 5.75 Å². The Hall–Kier alpha value is -2.72. The summed E-state index contributed by atoms with van der Waals surface area (Å²) in [7, 11) is 0. The number of aliphatic hydroxyl groups is 1. The van der Waals surface area contributed by atoms with Crippen LogP contribution in [0.2, 0.25) is 10.0 Å². The molecule has 164 valence electrons. The maximum Gasteiger partial charge on any atom is 0.119 e. The fraction of sp³-hybridized carbons (Fsp3) is 0.185. The first-order valence-electron chi connectivity index (χ1n) is 10.6. The van der Waals surface area contributed by atoms with E-state index in [1.807, 2.05) is 73.7 Å². The number of ether oxygens (including phenoxy) is 1. The van der Waals surface area contributed by atoms with Gasteiger partial charge in [-0.2, -0.15) is 0 Å². The lowest BCUT2D eigenvalue weighted by Gasteiger charge is -2.24. The molecule has 0 aromatic heterocycles. The highest BCUT2D eigenvalue weighted by atomic mass is 35.5. The molecule has 0 saturated heterocycles. The number of fused-ring (bicyclic) bond motifs is 1. The van der Waals surface area contributed by atoms with Crippen LogP contribution in [0.3, 0.4) is 0 Å². The Labute approximate surface area is 198 Å². The van der Waals surface area contributed by atoms with Crippen molar-refractivity contribution in [3.05, 3.63) is 106 Å². The van der Waals surface area contributed by atoms with Gasteiger partial charge in [0.15, 0.2) is 0 Å². The zero-order valence-corrected chi connectivity index (χ0v) is 19.3. The molecule has 32 heavy (non-hydrogen) atoms. The Balaban J connectivity index is 1.60. The van der Waals surface area contributed by atoms with Crippen LogP contribution < -0.4 is 10.1 Å². The molecule has 0 spiro atoms. The molecule has 0 radical (unpaired) electrons. The summed E-state index contributed by atoms with van der Waals surface area (Å²) in [6.07, 6.45) is -0.196. The third-order valence-electron chi connectivity index (χ3n) is 5.47. The summed E-state index contributed by atoms with van der Waals surface area (Å²) in [6, 6.07) is 27.4. The van der Waals surface area contributed by atoms with Crippen LogP contribution in [0.25, 0.3) is 10.8 Å². The van der Waals surface area contributed by atoms with E-state index in [2.05, 4.69) is 17.4 Å². The number of nitrogens with one attached hydrogen (secondary N) is 1. The van der Waals surface area contributed by atoms with Gasteiger partial charge in [0.2, 0.25) is 0 Å². The Kier molecular flexibility index (Phi) is 7.21. The first-order chi connectivity index (χ1) is 15.5. The molecule has 2 unspecified atom stereocenters. The van der Waals surface area contributed by atoms with Crippen molar-refractivity contribution in [2.24, 2.45) is 0 Å². The summed E-state index contributed by atoms with van der Waals surface area (Å²) >= 11 is 12.4. The minimum Gasteiger partial charge on any atom is -0.494 e. The van der Waals surface area contributed by atoms with Crippen molar-refractivity contribution in [2.45, 2.75) is 25.5 Å². The van der Waals surface area contributed by atoms with E-state index in [4.69, 9.17) is 27.9 Å². The van der Waals surface area contributed by atoms with Gasteiger partial charge in [0, 0.05) is 12.1 Å². The second kappa shape index (κ2) is 10.3. The van der Waals surface area contributed by atoms with Gasteiger partial charge >= 0.3 is 0 Å². The zero-order valence-electron chi connectivity index (χ0n) is 17.8. The predicted molar refractivity (Wildman–Crippen MR) is 134 cm³/mol. The average Bonchev–Trinajstić information content (AvgIpc) is 2.81. The quantitative estimate of drug-likeness (QED) is 0.278. The van der Waals surface area contributed by atoms with E-state index in [1.54, 1.807) is 6.07 Å². The summed E-state index contributed by atoms with van der Waals surface area (Å²) in [5.74, 6) is 0.820. The standard InChI is InChI=1S/C27H25Cl2NO2/c1-2-32-23-12-10-22(11-13-23)30-26(20-9-14-24(28)25(29)16-20)17-27(31)21-8-7-18-5-3-4-6-19(18)15-21/h3-16,26-27,30-31H,2,17H2,1H3. The van der Waals surface area contributed by atoms with Gasteiger partial charge in [-0.3, -0.25) is 0 Å². The van der Waals surface area contributed by atoms with E-state index < -0.39 is 6.10 Å². The van der Waals surface area contributed by atoms with E-state index in [-0.39, 0.29) is 6.04 Å². The summed E-state index contributed by atoms with van der Waals surface area (Å²) < 4.78 is 5.54. The zero-order chi connectivity index (χ0) is 22.5. The lowest BCUT2D eigenvalue weighted by atomic mass is 9.95. The van der Waals surface area contributed by atoms with Gasteiger partial charge in [0.05, 0.1) is 28.8 Å². The minimum absolute atomic E-state index is 0.177. The van der Waals surface area contributed by atoms with E-state index in [9.17, 15) is 5.11 Å². The molecular formula is C27H25Cl2NO2. The summed E-state index contributed by atoms with van der Waals surface area (Å²) in [4.78, 5) is 0. The molecule has 4 aromatic carbocycles. The van der Waals surface area contributed by atoms with Crippen molar-refractivity contribution in [1.82, 2.24) is 0 Å². The van der Waals surface area contributed by atoms with Crippen molar-refractivity contribution in [3.8, 4) is 5.75 Å². The molecule has 0 aliphatic carbocycles. The van der Waals surface area contributed by atoms with Gasteiger partial charge in [0.1, 0.15) is 5.75 Å². The van der Waals surface area contributed by atoms with Crippen LogP contribution in [0, 0.1) is 0 Å². The number of rotatable bonds is 8. The fourth-order valence-corrected chi connectivity index (χ4v) is 4.10. The number of anilines is 1. The number of hydrogen-bond donors (Lipinski definition) is 2. The smallest absolute Gasteiger partial charge is 0.119 e. The summed E-state index contributed by atoms with van der Waals surface area (Å²) in [6.45, 7) is 2.58. The van der Waals surface area contributed by atoms with Crippen molar-refractivity contribution < 1.29 is 9.84 Å². The Morgan fingerprint density at radius 1 is 0.812 bits per heavy atom. The van der Waals surface area contributed by atoms with Gasteiger partial charge in [0.25, 0.3) is 0 Å². The highest BCUT2D eigenvalue weighted by Crippen LogP contribution is 2.34. The molecule has 2 atom stereocenters. The predicted octanol–water partition coefficient (Wildman–Crippen LogP) is 7.82. The van der Waals surface area contributed by atoms with Gasteiger partial charge in [-0.1, -0.05) is 65.7 Å². The third kappa shape index (κ3) is 5.36. The van der Waals surface area contributed by atoms with Crippen LogP contribution in [-0.2, 0) is 0 Å². The van der Waals surface area contributed by atoms with Crippen LogP contribution >= 0.6 is 23.2 Å². The van der Waals surface area contributed by atoms with Crippen LogP contribution in [0.15, 0.2) is 84.9 Å². The Morgan fingerprint density at radius 3 is 2.25 bits per heavy atom. The van der Waals surface area contributed by atoms with E-state index in [0.717, 1.165) is 33.3 Å². The van der Waals surface area contributed by atoms with Gasteiger partial charge < -0.3 is 15.2 Å². The maximum absolute atomic E-state index is 11.1. The maximum atomic E-state index is 11.1. The van der Waals surface area contributed by atoms with Gasteiger partial charge in [-0.25, -0.2) is 0 Å². The molecule has 0 bridgehead atoms. The van der Waals surface area contributed by atoms with E-state index in [1.165, 1.54) is 0 Å². The summed E-state index contributed by atoms with van der Waals surface area (Å²) in [5.41, 5.74) is 2.76. The van der Waals surface area contributed by atoms with Crippen molar-refractivity contribution in [2.75, 3.05) is 11.9 Å². The van der Waals surface area contributed by atoms with Crippen LogP contribution in [0.1, 0.15) is 36.6 Å². The molecule has 0 heterocycles. The summed E-state index contributed by atoms with van der Waals surface area (Å²) in [5, 5.41) is 17.9. The highest BCUT2D eigenvalue weighted by molar-refractivity contribution is 6.42. The topological polar surface area (TPSA) is 41.5 Å². The first-order valence-corrected chi connectivity index (χ1v) is 11.4. The number of halogens is 2. The highest BCUT2D eigenvalue weighted by Gasteiger charge is 2.19. The molecule has 0 fully saturated rings. The molecular weight excluding hydrogens is 441 g/mol. The van der Waals surface area contributed by atoms with E-state index in [0.29, 0.717) is 23.1 Å². The minimum atomic E-state index is -0.658. The normalized spacial score (nSPS) is 13.0. The first kappa shape index (κ1) is 22.5. The number of benzene rings is 4. The van der Waals surface area contributed by atoms with Crippen molar-refractivity contribution in [1.29, 1.82) is 0 Å². The van der Waals surface area contributed by atoms with Crippen molar-refractivity contribution in [3.63, 3.8) is 0 Å². The third-order valence-corrected chi connectivity index (χ3v) is 6.21. The lowest BCUT2D eigenvalue weighted by Crippen LogP contribution is -2.15. The largest absolute Gasteiger partial charge is 0.494 e. The molecule has 0 amide bonds. The molecule has 2 N–H and O–H groups in total. The van der Waals surface area contributed by atoms with E-state index >= 15 is 0 Å². The Bertz CT molecular complexity index is 1190. The van der Waals surface area contributed by atoms with Crippen LogP contribution in [0.4, 0.5) is 5.69 Å². The molecule has 5 heteroatoms. The second-order valence-corrected chi connectivity index (χ2v) is 8.50. The molecule has 3 nitrogen and oxygen atoms in total. The lowest BCUT2D eigenvalue weighted by molar-refractivity contribution is 0.161. The number of hydrogen-bond acceptors (Lipinski definition) is 3. The van der Waals surface area contributed by atoms with Crippen LogP contribution in [-0.4, -0.2) is 11.7 Å². The Morgan fingerprint density at radius 2 is 1.53 bits per heavy atom. The monoisotopic (exact) mass is 465 g/mol. The second-order valence-electron chi connectivity index (χ2n) is 7.69. The SMILES string of the molecule is CCOc1ccc(NC(CC(O)c2ccc3ccccc3c2)c2ccc(Cl)c(Cl)c2)cc1. The van der Waals surface area contributed by atoms with Gasteiger partial charge in [-0.15, -0.1) is 0 Å². The number of aliphatic hydroxyl groups excluding tert-OH is 1. The van der Waals surface area contributed by atoms with Gasteiger partial charge in [-0.05, 0) is 71.3 Å². The molecule has 4 rings (SSSR count). The molecule has 4 aromatic rings. The molecule has 0 aliphatic heterocycles. The molecule has 0 aliphatic rings. The average molecular weight is 466 g/mol.